The van der Waals surface area contributed by atoms with Crippen molar-refractivity contribution in [3.63, 3.8) is 0 Å². The van der Waals surface area contributed by atoms with Crippen LogP contribution in [0.5, 0.6) is 0 Å². The molecular weight excluding hydrogens is 505 g/mol. The minimum atomic E-state index is -2.27. The molecule has 0 spiro atoms. The van der Waals surface area contributed by atoms with Crippen molar-refractivity contribution in [3.8, 4) is 0 Å². The summed E-state index contributed by atoms with van der Waals surface area (Å²) in [4.78, 5) is 27.0. The Balaban J connectivity index is 6.58. The van der Waals surface area contributed by atoms with Gasteiger partial charge in [-0.1, -0.05) is 0 Å². The average Bonchev–Trinajstić information content (AvgIpc) is 2.44. The molecule has 0 aromatic rings. The normalized spacial score (nSPS) is 16.7. The van der Waals surface area contributed by atoms with Gasteiger partial charge in [0.1, 0.15) is 6.10 Å². The van der Waals surface area contributed by atoms with Gasteiger partial charge in [-0.2, -0.15) is 0 Å². The third-order valence-corrected chi connectivity index (χ3v) is 8.31. The van der Waals surface area contributed by atoms with Crippen LogP contribution in [0.4, 0.5) is 0 Å². The molecule has 0 bridgehead atoms. The summed E-state index contributed by atoms with van der Waals surface area (Å²) in [5.74, 6) is -0.902. The summed E-state index contributed by atoms with van der Waals surface area (Å²) in [6.45, 7) is 30.1. The molecule has 0 aromatic heterocycles. The summed E-state index contributed by atoms with van der Waals surface area (Å²) in [6, 6.07) is 0. The molecule has 0 unspecified atom stereocenters. The lowest BCUT2D eigenvalue weighted by molar-refractivity contribution is -0.163. The lowest BCUT2D eigenvalue weighted by atomic mass is 9.97. The predicted octanol–water partition coefficient (Wildman–Crippen LogP) is 5.79. The monoisotopic (exact) mass is 554 g/mol. The van der Waals surface area contributed by atoms with Crippen LogP contribution in [0.1, 0.15) is 6.42 Å². The minimum absolute atomic E-state index is 0.0125. The number of hydrogen-bond acceptors (Lipinski definition) is 7. The van der Waals surface area contributed by atoms with Crippen LogP contribution in [0.25, 0.3) is 0 Å². The van der Waals surface area contributed by atoms with E-state index in [2.05, 4.69) is 19.6 Å². The maximum Gasteiger partial charge on any atom is 0.326 e. The zero-order chi connectivity index (χ0) is 26.7. The Morgan fingerprint density at radius 2 is 1.09 bits per heavy atom. The molecule has 0 aliphatic carbocycles. The summed E-state index contributed by atoms with van der Waals surface area (Å²) >= 11 is 0. The molecule has 2 atom stereocenters. The van der Waals surface area contributed by atoms with E-state index in [0.717, 1.165) is 0 Å². The van der Waals surface area contributed by atoms with Crippen molar-refractivity contribution < 1.29 is 31.7 Å². The molecule has 12 heteroatoms. The molecule has 0 aliphatic rings. The average molecular weight is 555 g/mol. The summed E-state index contributed by atoms with van der Waals surface area (Å²) < 4.78 is 30.9. The molecule has 0 fully saturated rings. The van der Waals surface area contributed by atoms with Gasteiger partial charge in [-0.3, -0.25) is 9.59 Å². The maximum absolute atomic E-state index is 13.7. The second kappa shape index (κ2) is 11.3. The molecule has 0 radical (unpaired) electrons. The van der Waals surface area contributed by atoms with Gasteiger partial charge in [-0.25, -0.2) is 0 Å². The Hall–Kier alpha value is -0.0956. The van der Waals surface area contributed by atoms with Crippen molar-refractivity contribution in [2.45, 2.75) is 116 Å². The van der Waals surface area contributed by atoms with E-state index in [1.807, 2.05) is 78.6 Å². The quantitative estimate of drug-likeness (QED) is 0.266. The van der Waals surface area contributed by atoms with E-state index >= 15 is 0 Å². The van der Waals surface area contributed by atoms with Crippen molar-refractivity contribution in [1.29, 1.82) is 0 Å². The first kappa shape index (κ1) is 32.9. The van der Waals surface area contributed by atoms with E-state index in [1.54, 1.807) is 0 Å². The molecular formula is C21H50O7Si5. The van der Waals surface area contributed by atoms with Gasteiger partial charge in [0.25, 0.3) is 0 Å². The third kappa shape index (κ3) is 15.5. The zero-order valence-electron chi connectivity index (χ0n) is 23.8. The summed E-state index contributed by atoms with van der Waals surface area (Å²) in [5.41, 5.74) is -1.44. The van der Waals surface area contributed by atoms with E-state index < -0.39 is 65.2 Å². The van der Waals surface area contributed by atoms with Gasteiger partial charge in [0.15, 0.2) is 30.6 Å². The second-order valence-electron chi connectivity index (χ2n) is 13.6. The molecule has 33 heavy (non-hydrogen) atoms. The lowest BCUT2D eigenvalue weighted by Gasteiger charge is -2.42. The first-order valence-electron chi connectivity index (χ1n) is 11.7. The molecule has 0 saturated heterocycles. The van der Waals surface area contributed by atoms with Crippen LogP contribution in [0.15, 0.2) is 0 Å². The molecule has 0 N–H and O–H groups in total. The smallest absolute Gasteiger partial charge is 0.326 e. The summed E-state index contributed by atoms with van der Waals surface area (Å²) in [5, 5.41) is 0. The topological polar surface area (TPSA) is 80.3 Å². The first-order chi connectivity index (χ1) is 14.2. The van der Waals surface area contributed by atoms with Crippen LogP contribution in [0, 0.1) is 0 Å². The molecule has 0 aliphatic heterocycles. The van der Waals surface area contributed by atoms with Crippen LogP contribution in [-0.4, -0.2) is 71.8 Å². The van der Waals surface area contributed by atoms with E-state index in [1.165, 1.54) is 0 Å². The largest absolute Gasteiger partial charge is 0.518 e. The van der Waals surface area contributed by atoms with Crippen LogP contribution in [0.3, 0.4) is 0 Å². The van der Waals surface area contributed by atoms with Crippen molar-refractivity contribution in [2.24, 2.45) is 0 Å². The molecule has 196 valence electrons. The van der Waals surface area contributed by atoms with Crippen molar-refractivity contribution >= 4 is 53.5 Å². The van der Waals surface area contributed by atoms with Crippen molar-refractivity contribution in [2.75, 3.05) is 6.61 Å². The van der Waals surface area contributed by atoms with Gasteiger partial charge in [0, 0.05) is 6.42 Å². The Morgan fingerprint density at radius 3 is 1.42 bits per heavy atom. The van der Waals surface area contributed by atoms with Gasteiger partial charge in [0.05, 0.1) is 6.61 Å². The Labute approximate surface area is 207 Å². The van der Waals surface area contributed by atoms with Crippen molar-refractivity contribution in [3.05, 3.63) is 0 Å². The van der Waals surface area contributed by atoms with Gasteiger partial charge >= 0.3 is 11.9 Å². The predicted molar refractivity (Wildman–Crippen MR) is 148 cm³/mol. The van der Waals surface area contributed by atoms with Gasteiger partial charge in [-0.15, -0.1) is 0 Å². The lowest BCUT2D eigenvalue weighted by Crippen LogP contribution is -2.59. The molecule has 0 saturated carbocycles. The van der Waals surface area contributed by atoms with E-state index in [-0.39, 0.29) is 13.0 Å². The van der Waals surface area contributed by atoms with E-state index in [0.29, 0.717) is 0 Å². The standard InChI is InChI=1S/C21H50O7Si5/c1-29(2,3)24-17-21(28-33(13,14)15,20(23)27-32(10,11)12)16-18(25-30(4,5)6)19(22)26-31(7,8)9/h18H,16-17H2,1-15H3/t18-,21-/m1/s1. The fraction of sp³-hybridized carbons (Fsp3) is 0.905. The molecule has 0 heterocycles. The SMILES string of the molecule is C[Si](C)(C)OC[C@@](C[C@@H](O[Si](C)(C)C)C(=O)O[Si](C)(C)C)(O[Si](C)(C)C)C(=O)O[Si](C)(C)C. The van der Waals surface area contributed by atoms with Gasteiger partial charge < -0.3 is 22.1 Å². The third-order valence-electron chi connectivity index (χ3n) is 3.69. The molecule has 0 amide bonds. The summed E-state index contributed by atoms with van der Waals surface area (Å²) in [6.07, 6.45) is -0.919. The highest BCUT2D eigenvalue weighted by Gasteiger charge is 2.51. The highest BCUT2D eigenvalue weighted by Crippen LogP contribution is 2.31. The Kier molecular flexibility index (Phi) is 11.3. The highest BCUT2D eigenvalue weighted by atomic mass is 28.4. The Bertz CT molecular complexity index is 667. The number of rotatable bonds is 13. The zero-order valence-corrected chi connectivity index (χ0v) is 28.8. The van der Waals surface area contributed by atoms with Crippen LogP contribution in [0.2, 0.25) is 98.2 Å². The molecule has 0 aromatic carbocycles. The van der Waals surface area contributed by atoms with Gasteiger partial charge in [0.2, 0.25) is 16.6 Å². The van der Waals surface area contributed by atoms with E-state index in [9.17, 15) is 9.59 Å². The highest BCUT2D eigenvalue weighted by molar-refractivity contribution is 6.72. The first-order valence-corrected chi connectivity index (χ1v) is 28.8. The fourth-order valence-corrected chi connectivity index (χ4v) is 7.45. The summed E-state index contributed by atoms with van der Waals surface area (Å²) in [7, 11) is -10.9. The van der Waals surface area contributed by atoms with Gasteiger partial charge in [-0.05, 0) is 98.2 Å². The molecule has 7 nitrogen and oxygen atoms in total. The van der Waals surface area contributed by atoms with Crippen LogP contribution >= 0.6 is 0 Å². The molecule has 0 rings (SSSR count). The van der Waals surface area contributed by atoms with Crippen LogP contribution in [-0.2, 0) is 31.7 Å². The maximum atomic E-state index is 13.7. The minimum Gasteiger partial charge on any atom is -0.518 e. The Morgan fingerprint density at radius 1 is 0.636 bits per heavy atom. The van der Waals surface area contributed by atoms with Crippen molar-refractivity contribution in [1.82, 2.24) is 0 Å². The van der Waals surface area contributed by atoms with E-state index in [4.69, 9.17) is 22.1 Å². The van der Waals surface area contributed by atoms with Crippen LogP contribution < -0.4 is 0 Å². The number of hydrogen-bond donors (Lipinski definition) is 0. The number of carbonyl (C=O) groups excluding carboxylic acids is 2. The fourth-order valence-electron chi connectivity index (χ4n) is 2.87. The number of carbonyl (C=O) groups is 2. The second-order valence-corrected chi connectivity index (χ2v) is 35.8.